The number of aliphatic hydroxyl groups excluding tert-OH is 1. The second kappa shape index (κ2) is 5.83. The zero-order valence-electron chi connectivity index (χ0n) is 10.7. The SMILES string of the molecule is CCCNC1CCN(CC2CCC(O)C2)C1=O. The maximum absolute atomic E-state index is 12.1. The third-order valence-electron chi connectivity index (χ3n) is 3.93. The van der Waals surface area contributed by atoms with E-state index < -0.39 is 0 Å². The van der Waals surface area contributed by atoms with Crippen LogP contribution in [0.3, 0.4) is 0 Å². The third kappa shape index (κ3) is 3.19. The molecule has 2 N–H and O–H groups in total. The molecule has 0 aromatic carbocycles. The molecule has 0 bridgehead atoms. The van der Waals surface area contributed by atoms with Crippen molar-refractivity contribution in [2.24, 2.45) is 5.92 Å². The first-order valence-electron chi connectivity index (χ1n) is 6.91. The maximum Gasteiger partial charge on any atom is 0.239 e. The third-order valence-corrected chi connectivity index (χ3v) is 3.93. The van der Waals surface area contributed by atoms with Gasteiger partial charge in [0.1, 0.15) is 0 Å². The number of hydrogen-bond donors (Lipinski definition) is 2. The fourth-order valence-electron chi connectivity index (χ4n) is 2.95. The van der Waals surface area contributed by atoms with E-state index in [-0.39, 0.29) is 18.1 Å². The molecule has 2 rings (SSSR count). The molecular weight excluding hydrogens is 216 g/mol. The van der Waals surface area contributed by atoms with Crippen LogP contribution in [0.4, 0.5) is 0 Å². The van der Waals surface area contributed by atoms with Gasteiger partial charge in [0.25, 0.3) is 0 Å². The van der Waals surface area contributed by atoms with E-state index in [1.807, 2.05) is 4.90 Å². The lowest BCUT2D eigenvalue weighted by atomic mass is 10.1. The molecule has 17 heavy (non-hydrogen) atoms. The van der Waals surface area contributed by atoms with Crippen molar-refractivity contribution in [1.82, 2.24) is 10.2 Å². The predicted molar refractivity (Wildman–Crippen MR) is 66.6 cm³/mol. The predicted octanol–water partition coefficient (Wildman–Crippen LogP) is 0.748. The number of carbonyl (C=O) groups excluding carboxylic acids is 1. The molecule has 4 heteroatoms. The van der Waals surface area contributed by atoms with Gasteiger partial charge in [-0.05, 0) is 44.6 Å². The van der Waals surface area contributed by atoms with Gasteiger partial charge in [-0.2, -0.15) is 0 Å². The number of hydrogen-bond acceptors (Lipinski definition) is 3. The molecule has 4 nitrogen and oxygen atoms in total. The zero-order chi connectivity index (χ0) is 12.3. The van der Waals surface area contributed by atoms with Gasteiger partial charge in [-0.25, -0.2) is 0 Å². The van der Waals surface area contributed by atoms with Gasteiger partial charge in [0.15, 0.2) is 0 Å². The Bertz CT molecular complexity index is 270. The van der Waals surface area contributed by atoms with Crippen LogP contribution in [0.1, 0.15) is 39.0 Å². The van der Waals surface area contributed by atoms with Crippen molar-refractivity contribution in [3.05, 3.63) is 0 Å². The summed E-state index contributed by atoms with van der Waals surface area (Å²) in [6.45, 7) is 4.77. The Morgan fingerprint density at radius 3 is 2.88 bits per heavy atom. The van der Waals surface area contributed by atoms with E-state index >= 15 is 0 Å². The van der Waals surface area contributed by atoms with E-state index in [4.69, 9.17) is 0 Å². The fourth-order valence-corrected chi connectivity index (χ4v) is 2.95. The van der Waals surface area contributed by atoms with Crippen molar-refractivity contribution >= 4 is 5.91 Å². The number of likely N-dealkylation sites (tertiary alicyclic amines) is 1. The van der Waals surface area contributed by atoms with Crippen molar-refractivity contribution in [2.45, 2.75) is 51.2 Å². The van der Waals surface area contributed by atoms with Crippen molar-refractivity contribution in [1.29, 1.82) is 0 Å². The molecule has 0 spiro atoms. The number of aliphatic hydroxyl groups is 1. The summed E-state index contributed by atoms with van der Waals surface area (Å²) in [4.78, 5) is 14.1. The Morgan fingerprint density at radius 1 is 1.41 bits per heavy atom. The summed E-state index contributed by atoms with van der Waals surface area (Å²) in [6.07, 6.45) is 4.72. The smallest absolute Gasteiger partial charge is 0.239 e. The summed E-state index contributed by atoms with van der Waals surface area (Å²) < 4.78 is 0. The van der Waals surface area contributed by atoms with Crippen LogP contribution in [0.25, 0.3) is 0 Å². The Balaban J connectivity index is 1.77. The molecule has 3 atom stereocenters. The van der Waals surface area contributed by atoms with Gasteiger partial charge in [0, 0.05) is 13.1 Å². The van der Waals surface area contributed by atoms with Gasteiger partial charge in [0.2, 0.25) is 5.91 Å². The largest absolute Gasteiger partial charge is 0.393 e. The summed E-state index contributed by atoms with van der Waals surface area (Å²) in [5.74, 6) is 0.777. The summed E-state index contributed by atoms with van der Waals surface area (Å²) in [5, 5.41) is 12.8. The van der Waals surface area contributed by atoms with Crippen molar-refractivity contribution in [3.63, 3.8) is 0 Å². The van der Waals surface area contributed by atoms with Crippen molar-refractivity contribution < 1.29 is 9.90 Å². The Labute approximate surface area is 103 Å². The quantitative estimate of drug-likeness (QED) is 0.745. The summed E-state index contributed by atoms with van der Waals surface area (Å²) in [6, 6.07) is 0.0428. The first-order valence-corrected chi connectivity index (χ1v) is 6.91. The zero-order valence-corrected chi connectivity index (χ0v) is 10.7. The molecule has 98 valence electrons. The molecule has 1 aliphatic heterocycles. The van der Waals surface area contributed by atoms with E-state index in [1.54, 1.807) is 0 Å². The van der Waals surface area contributed by atoms with Crippen LogP contribution in [0.15, 0.2) is 0 Å². The highest BCUT2D eigenvalue weighted by molar-refractivity contribution is 5.83. The van der Waals surface area contributed by atoms with E-state index in [2.05, 4.69) is 12.2 Å². The van der Waals surface area contributed by atoms with E-state index in [0.717, 1.165) is 51.7 Å². The van der Waals surface area contributed by atoms with Gasteiger partial charge in [-0.15, -0.1) is 0 Å². The van der Waals surface area contributed by atoms with Crippen molar-refractivity contribution in [2.75, 3.05) is 19.6 Å². The van der Waals surface area contributed by atoms with E-state index in [1.165, 1.54) is 0 Å². The highest BCUT2D eigenvalue weighted by Crippen LogP contribution is 2.27. The Morgan fingerprint density at radius 2 is 2.24 bits per heavy atom. The average Bonchev–Trinajstić information content (AvgIpc) is 2.86. The Kier molecular flexibility index (Phi) is 4.40. The number of nitrogens with zero attached hydrogens (tertiary/aromatic N) is 1. The molecule has 2 fully saturated rings. The average molecular weight is 240 g/mol. The van der Waals surface area contributed by atoms with Crippen LogP contribution in [0, 0.1) is 5.92 Å². The van der Waals surface area contributed by atoms with Gasteiger partial charge in [0.05, 0.1) is 12.1 Å². The van der Waals surface area contributed by atoms with Crippen LogP contribution in [-0.2, 0) is 4.79 Å². The van der Waals surface area contributed by atoms with Crippen LogP contribution >= 0.6 is 0 Å². The molecule has 0 radical (unpaired) electrons. The van der Waals surface area contributed by atoms with Gasteiger partial charge < -0.3 is 15.3 Å². The number of amides is 1. The minimum Gasteiger partial charge on any atom is -0.393 e. The first-order chi connectivity index (χ1) is 8.20. The second-order valence-electron chi connectivity index (χ2n) is 5.41. The fraction of sp³-hybridized carbons (Fsp3) is 0.923. The maximum atomic E-state index is 12.1. The normalized spacial score (nSPS) is 33.6. The van der Waals surface area contributed by atoms with E-state index in [0.29, 0.717) is 5.92 Å². The molecule has 0 aromatic rings. The molecule has 1 amide bonds. The lowest BCUT2D eigenvalue weighted by molar-refractivity contribution is -0.130. The molecule has 3 unspecified atom stereocenters. The molecule has 2 aliphatic rings. The number of rotatable bonds is 5. The standard InChI is InChI=1S/C13H24N2O2/c1-2-6-14-12-5-7-15(13(12)17)9-10-3-4-11(16)8-10/h10-12,14,16H,2-9H2,1H3. The van der Waals surface area contributed by atoms with Crippen LogP contribution in [0.5, 0.6) is 0 Å². The number of nitrogens with one attached hydrogen (secondary N) is 1. The topological polar surface area (TPSA) is 52.6 Å². The van der Waals surface area contributed by atoms with Gasteiger partial charge >= 0.3 is 0 Å². The number of carbonyl (C=O) groups is 1. The lowest BCUT2D eigenvalue weighted by Crippen LogP contribution is -2.40. The Hall–Kier alpha value is -0.610. The highest BCUT2D eigenvalue weighted by atomic mass is 16.3. The molecule has 1 saturated heterocycles. The summed E-state index contributed by atoms with van der Waals surface area (Å²) >= 11 is 0. The lowest BCUT2D eigenvalue weighted by Gasteiger charge is -2.21. The molecule has 1 saturated carbocycles. The minimum atomic E-state index is -0.133. The van der Waals surface area contributed by atoms with E-state index in [9.17, 15) is 9.90 Å². The molecule has 1 heterocycles. The minimum absolute atomic E-state index is 0.0428. The molecule has 0 aromatic heterocycles. The highest BCUT2D eigenvalue weighted by Gasteiger charge is 2.33. The van der Waals surface area contributed by atoms with Gasteiger partial charge in [-0.1, -0.05) is 6.92 Å². The van der Waals surface area contributed by atoms with Crippen molar-refractivity contribution in [3.8, 4) is 0 Å². The van der Waals surface area contributed by atoms with Crippen LogP contribution < -0.4 is 5.32 Å². The van der Waals surface area contributed by atoms with Gasteiger partial charge in [-0.3, -0.25) is 4.79 Å². The summed E-state index contributed by atoms with van der Waals surface area (Å²) in [5.41, 5.74) is 0. The second-order valence-corrected chi connectivity index (χ2v) is 5.41. The first kappa shape index (κ1) is 12.8. The molecular formula is C13H24N2O2. The van der Waals surface area contributed by atoms with Crippen LogP contribution in [0.2, 0.25) is 0 Å². The summed E-state index contributed by atoms with van der Waals surface area (Å²) in [7, 11) is 0. The van der Waals surface area contributed by atoms with Crippen LogP contribution in [-0.4, -0.2) is 47.7 Å². The monoisotopic (exact) mass is 240 g/mol. The molecule has 1 aliphatic carbocycles.